The van der Waals surface area contributed by atoms with Gasteiger partial charge in [-0.3, -0.25) is 4.52 Å². The van der Waals surface area contributed by atoms with Crippen LogP contribution in [0.4, 0.5) is 5.82 Å². The van der Waals surface area contributed by atoms with E-state index in [4.69, 9.17) is 25.0 Å². The Balaban J connectivity index is 0.000000301. The molecule has 0 saturated carbocycles. The number of fused-ring (bicyclic) bond motifs is 3. The second-order valence-corrected chi connectivity index (χ2v) is 10.1. The van der Waals surface area contributed by atoms with Crippen molar-refractivity contribution in [1.29, 1.82) is 0 Å². The van der Waals surface area contributed by atoms with Gasteiger partial charge in [0.1, 0.15) is 41.6 Å². The Morgan fingerprint density at radius 3 is 2.08 bits per heavy atom. The number of nitrogens with zero attached hydrogens (tertiary/aromatic N) is 5. The van der Waals surface area contributed by atoms with Crippen LogP contribution < -0.4 is 5.73 Å². The molecule has 38 heavy (non-hydrogen) atoms. The molecule has 2 aliphatic rings. The Labute approximate surface area is 224 Å². The van der Waals surface area contributed by atoms with E-state index < -0.39 is 38.3 Å². The summed E-state index contributed by atoms with van der Waals surface area (Å²) in [5.41, 5.74) is 5.12. The van der Waals surface area contributed by atoms with Gasteiger partial charge in [0.15, 0.2) is 11.5 Å². The highest BCUT2D eigenvalue weighted by atomic mass is 31.2. The summed E-state index contributed by atoms with van der Waals surface area (Å²) in [5, 5.41) is 10.4. The van der Waals surface area contributed by atoms with Gasteiger partial charge in [0.05, 0.1) is 13.2 Å². The molecule has 218 valence electrons. The monoisotopic (exact) mass is 561 g/mol. The zero-order valence-electron chi connectivity index (χ0n) is 23.2. The summed E-state index contributed by atoms with van der Waals surface area (Å²) in [6, 6.07) is 0. The minimum absolute atomic E-state index is 0.0580. The predicted molar refractivity (Wildman–Crippen MR) is 143 cm³/mol. The predicted octanol–water partition coefficient (Wildman–Crippen LogP) is 1.31. The number of nitrogens with two attached hydrogens (primary N) is 1. The molecule has 0 amide bonds. The van der Waals surface area contributed by atoms with Crippen LogP contribution in [0.15, 0.2) is 6.33 Å². The standard InChI is InChI=1S/C11H14N5O7P.2C6H15N/c12-8-4-9(14-3-13-8)16-10(15-4)6-5-7(17)11(23-6,1-21-5)2-22-24(18,19)20;2*1-4-7(5-2)6-3/h3,5-7,17H,1-2H2,(H2,18,19,20)(H3,12,13,14,15,16);2*4-6H2,1-3H3/t5-,6+,7-,11+;;/m0../s1. The SMILES string of the molecule is CCN(CC)CC.CCN(CC)CC.Nc1ncnc2nc([C@@H]3O[C@@]4(COP(=O)(O)O)CO[C@@H]3[C@@H]4O)[nH]c12. The van der Waals surface area contributed by atoms with Gasteiger partial charge in [-0.15, -0.1) is 0 Å². The summed E-state index contributed by atoms with van der Waals surface area (Å²) in [5.74, 6) is 0.530. The number of anilines is 1. The Morgan fingerprint density at radius 1 is 1.08 bits per heavy atom. The lowest BCUT2D eigenvalue weighted by Crippen LogP contribution is -2.44. The molecule has 14 nitrogen and oxygen atoms in total. The lowest BCUT2D eigenvalue weighted by Gasteiger charge is -2.29. The number of aromatic nitrogens is 4. The zero-order valence-corrected chi connectivity index (χ0v) is 24.1. The lowest BCUT2D eigenvalue weighted by molar-refractivity contribution is -0.163. The van der Waals surface area contributed by atoms with E-state index in [-0.39, 0.29) is 12.4 Å². The summed E-state index contributed by atoms with van der Waals surface area (Å²) >= 11 is 0. The molecule has 0 aliphatic carbocycles. The van der Waals surface area contributed by atoms with E-state index >= 15 is 0 Å². The highest BCUT2D eigenvalue weighted by Gasteiger charge is 2.62. The van der Waals surface area contributed by atoms with Crippen molar-refractivity contribution >= 4 is 24.8 Å². The largest absolute Gasteiger partial charge is 0.469 e. The summed E-state index contributed by atoms with van der Waals surface area (Å²) in [6.07, 6.45) is -1.42. The summed E-state index contributed by atoms with van der Waals surface area (Å²) in [4.78, 5) is 37.5. The molecule has 2 saturated heterocycles. The fraction of sp³-hybridized carbons (Fsp3) is 0.783. The normalized spacial score (nSPS) is 24.4. The van der Waals surface area contributed by atoms with Gasteiger partial charge in [0.2, 0.25) is 0 Å². The van der Waals surface area contributed by atoms with Crippen molar-refractivity contribution in [3.05, 3.63) is 12.2 Å². The molecule has 4 atom stereocenters. The first-order valence-corrected chi connectivity index (χ1v) is 14.6. The maximum atomic E-state index is 10.9. The number of phosphoric acid groups is 1. The topological polar surface area (TPSA) is 192 Å². The quantitative estimate of drug-likeness (QED) is 0.261. The van der Waals surface area contributed by atoms with Gasteiger partial charge in [-0.1, -0.05) is 41.5 Å². The van der Waals surface area contributed by atoms with Gasteiger partial charge in [0, 0.05) is 0 Å². The average molecular weight is 562 g/mol. The Bertz CT molecular complexity index is 1010. The van der Waals surface area contributed by atoms with Crippen molar-refractivity contribution in [2.24, 2.45) is 0 Å². The number of hydrogen-bond acceptors (Lipinski definition) is 11. The number of nitrogens with one attached hydrogen (secondary N) is 1. The van der Waals surface area contributed by atoms with Crippen LogP contribution in [0, 0.1) is 0 Å². The van der Waals surface area contributed by atoms with Crippen molar-refractivity contribution in [3.63, 3.8) is 0 Å². The van der Waals surface area contributed by atoms with Crippen LogP contribution in [0.2, 0.25) is 0 Å². The number of imidazole rings is 1. The number of nitrogen functional groups attached to an aromatic ring is 1. The highest BCUT2D eigenvalue weighted by Crippen LogP contribution is 2.49. The zero-order chi connectivity index (χ0) is 28.5. The van der Waals surface area contributed by atoms with E-state index in [0.717, 1.165) is 0 Å². The van der Waals surface area contributed by atoms with Gasteiger partial charge in [0.25, 0.3) is 0 Å². The highest BCUT2D eigenvalue weighted by molar-refractivity contribution is 7.46. The van der Waals surface area contributed by atoms with Gasteiger partial charge in [-0.05, 0) is 39.3 Å². The molecule has 4 heterocycles. The first-order valence-electron chi connectivity index (χ1n) is 13.1. The van der Waals surface area contributed by atoms with E-state index in [9.17, 15) is 9.67 Å². The number of rotatable bonds is 10. The van der Waals surface area contributed by atoms with E-state index in [2.05, 4.69) is 75.8 Å². The van der Waals surface area contributed by atoms with Crippen molar-refractivity contribution in [1.82, 2.24) is 29.7 Å². The Kier molecular flexibility index (Phi) is 12.5. The number of ether oxygens (including phenoxy) is 2. The smallest absolute Gasteiger partial charge is 0.387 e. The van der Waals surface area contributed by atoms with Crippen molar-refractivity contribution in [3.8, 4) is 0 Å². The second kappa shape index (κ2) is 14.6. The third kappa shape index (κ3) is 8.13. The number of aliphatic hydroxyl groups excluding tert-OH is 1. The van der Waals surface area contributed by atoms with Crippen molar-refractivity contribution < 1.29 is 33.5 Å². The summed E-state index contributed by atoms with van der Waals surface area (Å²) in [7, 11) is -4.71. The van der Waals surface area contributed by atoms with Gasteiger partial charge >= 0.3 is 7.82 Å². The molecular formula is C23H44N7O7P. The third-order valence-corrected chi connectivity index (χ3v) is 7.26. The van der Waals surface area contributed by atoms with Crippen LogP contribution >= 0.6 is 7.82 Å². The molecule has 2 aromatic heterocycles. The number of phosphoric ester groups is 1. The first-order chi connectivity index (χ1) is 18.0. The molecular weight excluding hydrogens is 517 g/mol. The third-order valence-electron chi connectivity index (χ3n) is 6.80. The summed E-state index contributed by atoms with van der Waals surface area (Å²) < 4.78 is 26.7. The molecule has 2 bridgehead atoms. The molecule has 4 rings (SSSR count). The van der Waals surface area contributed by atoms with Gasteiger partial charge in [-0.25, -0.2) is 19.5 Å². The molecule has 0 radical (unpaired) electrons. The molecule has 15 heteroatoms. The van der Waals surface area contributed by atoms with E-state index in [1.54, 1.807) is 0 Å². The van der Waals surface area contributed by atoms with Crippen LogP contribution in [-0.2, 0) is 18.6 Å². The number of aromatic amines is 1. The van der Waals surface area contributed by atoms with Gasteiger partial charge in [-0.2, -0.15) is 0 Å². The molecule has 0 aromatic carbocycles. The molecule has 0 spiro atoms. The number of H-pyrrole nitrogens is 1. The maximum Gasteiger partial charge on any atom is 0.469 e. The number of aliphatic hydroxyl groups is 1. The molecule has 2 fully saturated rings. The first kappa shape index (κ1) is 32.5. The minimum atomic E-state index is -4.71. The molecule has 2 aliphatic heterocycles. The van der Waals surface area contributed by atoms with Crippen LogP contribution in [0.25, 0.3) is 11.2 Å². The summed E-state index contributed by atoms with van der Waals surface area (Å²) in [6.45, 7) is 19.7. The van der Waals surface area contributed by atoms with Crippen LogP contribution in [0.1, 0.15) is 53.5 Å². The van der Waals surface area contributed by atoms with Crippen LogP contribution in [-0.4, -0.2) is 115 Å². The fourth-order valence-electron chi connectivity index (χ4n) is 4.30. The number of hydrogen-bond donors (Lipinski definition) is 5. The second-order valence-electron chi connectivity index (χ2n) is 8.91. The van der Waals surface area contributed by atoms with Crippen LogP contribution in [0.3, 0.4) is 0 Å². The van der Waals surface area contributed by atoms with Gasteiger partial charge < -0.3 is 44.9 Å². The van der Waals surface area contributed by atoms with E-state index in [0.29, 0.717) is 17.0 Å². The minimum Gasteiger partial charge on any atom is -0.387 e. The Hall–Kier alpha value is -1.74. The maximum absolute atomic E-state index is 10.9. The fourth-order valence-corrected chi connectivity index (χ4v) is 4.68. The molecule has 0 unspecified atom stereocenters. The molecule has 6 N–H and O–H groups in total. The van der Waals surface area contributed by atoms with Crippen molar-refractivity contribution in [2.45, 2.75) is 65.5 Å². The Morgan fingerprint density at radius 2 is 1.63 bits per heavy atom. The van der Waals surface area contributed by atoms with Crippen LogP contribution in [0.5, 0.6) is 0 Å². The lowest BCUT2D eigenvalue weighted by atomic mass is 10.00. The average Bonchev–Trinajstić information content (AvgIpc) is 3.56. The molecule has 2 aromatic rings. The van der Waals surface area contributed by atoms with E-state index in [1.165, 1.54) is 45.6 Å². The van der Waals surface area contributed by atoms with Crippen molar-refractivity contribution in [2.75, 3.05) is 58.2 Å². The van der Waals surface area contributed by atoms with E-state index in [1.807, 2.05) is 0 Å².